The van der Waals surface area contributed by atoms with Crippen molar-refractivity contribution >= 4 is 31.6 Å². The van der Waals surface area contributed by atoms with Gasteiger partial charge in [-0.05, 0) is 23.6 Å². The largest absolute Gasteiger partial charge is 0.479 e. The first-order valence-electron chi connectivity index (χ1n) is 8.96. The molecule has 1 amide bonds. The van der Waals surface area contributed by atoms with Gasteiger partial charge in [-0.2, -0.15) is 0 Å². The van der Waals surface area contributed by atoms with Gasteiger partial charge in [-0.25, -0.2) is 4.79 Å². The molecule has 1 aromatic heterocycles. The van der Waals surface area contributed by atoms with Crippen LogP contribution in [0.25, 0.3) is 0 Å². The number of nitrogens with one attached hydrogen (secondary N) is 1. The van der Waals surface area contributed by atoms with Gasteiger partial charge in [0.05, 0.1) is 0 Å². The number of carboxylic acid groups (broad SMARTS) is 1. The Bertz CT molecular complexity index is 687. The van der Waals surface area contributed by atoms with Crippen molar-refractivity contribution in [3.63, 3.8) is 0 Å². The fourth-order valence-electron chi connectivity index (χ4n) is 2.10. The molecule has 0 aliphatic heterocycles. The van der Waals surface area contributed by atoms with Gasteiger partial charge in [0, 0.05) is 14.7 Å². The number of halogens is 1. The Labute approximate surface area is 167 Å². The number of hydrogen-bond donors (Lipinski definition) is 2. The second kappa shape index (κ2) is 9.57. The third kappa shape index (κ3) is 8.77. The Morgan fingerprint density at radius 2 is 1.96 bits per heavy atom. The van der Waals surface area contributed by atoms with E-state index in [2.05, 4.69) is 25.0 Å². The first-order valence-corrected chi connectivity index (χ1v) is 13.0. The third-order valence-electron chi connectivity index (χ3n) is 3.72. The van der Waals surface area contributed by atoms with Crippen molar-refractivity contribution < 1.29 is 19.4 Å². The molecule has 6 nitrogen and oxygen atoms in total. The topological polar surface area (TPSA) is 80.6 Å². The van der Waals surface area contributed by atoms with Gasteiger partial charge in [0.25, 0.3) is 5.91 Å². The van der Waals surface area contributed by atoms with E-state index in [9.17, 15) is 14.7 Å². The number of nitrogens with zero attached hydrogens (tertiary/aromatic N) is 1. The minimum absolute atomic E-state index is 0.147. The fraction of sp³-hybridized carbons (Fsp3) is 0.579. The number of carbonyl (C=O) groups is 2. The highest BCUT2D eigenvalue weighted by Gasteiger charge is 2.22. The summed E-state index contributed by atoms with van der Waals surface area (Å²) in [7, 11) is -1.21. The number of carbonyl (C=O) groups excluding carboxylic acids is 1. The van der Waals surface area contributed by atoms with Crippen LogP contribution in [-0.4, -0.2) is 42.3 Å². The molecular formula is C19H31ClN2O4Si. The highest BCUT2D eigenvalue weighted by Crippen LogP contribution is 2.17. The first kappa shape index (κ1) is 23.5. The highest BCUT2D eigenvalue weighted by atomic mass is 35.5. The van der Waals surface area contributed by atoms with Crippen molar-refractivity contribution in [3.8, 4) is 0 Å². The Kier molecular flexibility index (Phi) is 8.32. The normalized spacial score (nSPS) is 13.7. The number of aliphatic carboxylic acids is 1. The van der Waals surface area contributed by atoms with Crippen LogP contribution in [0.5, 0.6) is 0 Å². The van der Waals surface area contributed by atoms with Crippen LogP contribution in [-0.2, 0) is 16.3 Å². The van der Waals surface area contributed by atoms with E-state index in [1.165, 1.54) is 10.6 Å². The van der Waals surface area contributed by atoms with E-state index in [4.69, 9.17) is 16.3 Å². The van der Waals surface area contributed by atoms with E-state index >= 15 is 0 Å². The van der Waals surface area contributed by atoms with Crippen molar-refractivity contribution in [2.45, 2.75) is 59.2 Å². The predicted octanol–water partition coefficient (Wildman–Crippen LogP) is 4.24. The molecule has 152 valence electrons. The number of rotatable bonds is 9. The van der Waals surface area contributed by atoms with Crippen molar-refractivity contribution in [2.75, 3.05) is 6.61 Å². The van der Waals surface area contributed by atoms with Gasteiger partial charge in [-0.1, -0.05) is 64.2 Å². The lowest BCUT2D eigenvalue weighted by Gasteiger charge is -2.17. The summed E-state index contributed by atoms with van der Waals surface area (Å²) < 4.78 is 7.21. The summed E-state index contributed by atoms with van der Waals surface area (Å²) in [6, 6.07) is 3.04. The van der Waals surface area contributed by atoms with Gasteiger partial charge in [0.2, 0.25) is 0 Å². The predicted molar refractivity (Wildman–Crippen MR) is 111 cm³/mol. The zero-order valence-electron chi connectivity index (χ0n) is 17.0. The van der Waals surface area contributed by atoms with Crippen molar-refractivity contribution in [1.82, 2.24) is 9.88 Å². The molecule has 1 unspecified atom stereocenters. The summed E-state index contributed by atoms with van der Waals surface area (Å²) in [5.74, 6) is -1.64. The van der Waals surface area contributed by atoms with Crippen LogP contribution < -0.4 is 5.32 Å². The summed E-state index contributed by atoms with van der Waals surface area (Å²) >= 11 is 6.16. The van der Waals surface area contributed by atoms with E-state index in [0.29, 0.717) is 11.8 Å². The SMILES string of the molecule is CC(C)(C)C=CC(NC(=O)c1ccc(Cl)n1COCC[Si](C)(C)C)C(=O)O. The summed E-state index contributed by atoms with van der Waals surface area (Å²) in [6.07, 6.45) is 3.25. The molecule has 0 spiro atoms. The van der Waals surface area contributed by atoms with Crippen LogP contribution in [0, 0.1) is 5.41 Å². The van der Waals surface area contributed by atoms with Crippen molar-refractivity contribution in [1.29, 1.82) is 0 Å². The molecule has 0 radical (unpaired) electrons. The van der Waals surface area contributed by atoms with Crippen molar-refractivity contribution in [3.05, 3.63) is 35.1 Å². The standard InChI is InChI=1S/C19H31ClN2O4Si/c1-19(2,3)10-9-14(18(24)25)21-17(23)15-7-8-16(20)22(15)13-26-11-12-27(4,5)6/h7-10,14H,11-13H2,1-6H3,(H,21,23)(H,24,25). The lowest BCUT2D eigenvalue weighted by atomic mass is 9.95. The van der Waals surface area contributed by atoms with Crippen LogP contribution in [0.2, 0.25) is 30.8 Å². The molecule has 0 bridgehead atoms. The summed E-state index contributed by atoms with van der Waals surface area (Å²) in [5.41, 5.74) is 0.0787. The number of amides is 1. The van der Waals surface area contributed by atoms with E-state index in [1.807, 2.05) is 20.8 Å². The van der Waals surface area contributed by atoms with E-state index in [0.717, 1.165) is 6.04 Å². The average Bonchev–Trinajstić information content (AvgIpc) is 2.86. The number of aromatic nitrogens is 1. The second-order valence-electron chi connectivity index (χ2n) is 8.83. The maximum Gasteiger partial charge on any atom is 0.330 e. The number of hydrogen-bond acceptors (Lipinski definition) is 3. The maximum absolute atomic E-state index is 12.6. The Balaban J connectivity index is 2.82. The summed E-state index contributed by atoms with van der Waals surface area (Å²) in [4.78, 5) is 24.0. The zero-order valence-corrected chi connectivity index (χ0v) is 18.8. The molecule has 0 fully saturated rings. The molecule has 0 aliphatic rings. The minimum Gasteiger partial charge on any atom is -0.479 e. The molecular weight excluding hydrogens is 384 g/mol. The van der Waals surface area contributed by atoms with E-state index < -0.39 is 26.0 Å². The number of carboxylic acids is 1. The van der Waals surface area contributed by atoms with E-state index in [1.54, 1.807) is 18.2 Å². The molecule has 1 atom stereocenters. The smallest absolute Gasteiger partial charge is 0.330 e. The highest BCUT2D eigenvalue weighted by molar-refractivity contribution is 6.76. The van der Waals surface area contributed by atoms with Gasteiger partial charge in [0.15, 0.2) is 0 Å². The Hall–Kier alpha value is -1.57. The van der Waals surface area contributed by atoms with Crippen LogP contribution in [0.4, 0.5) is 0 Å². The second-order valence-corrected chi connectivity index (χ2v) is 14.8. The zero-order chi connectivity index (χ0) is 20.8. The Morgan fingerprint density at radius 1 is 1.33 bits per heavy atom. The molecule has 0 aromatic carbocycles. The maximum atomic E-state index is 12.6. The molecule has 2 N–H and O–H groups in total. The molecule has 8 heteroatoms. The number of ether oxygens (including phenoxy) is 1. The van der Waals surface area contributed by atoms with Gasteiger partial charge in [0.1, 0.15) is 23.6 Å². The lowest BCUT2D eigenvalue weighted by Crippen LogP contribution is -2.40. The van der Waals surface area contributed by atoms with Gasteiger partial charge < -0.3 is 19.7 Å². The minimum atomic E-state index is -1.21. The van der Waals surface area contributed by atoms with Crippen molar-refractivity contribution in [2.24, 2.45) is 5.41 Å². The third-order valence-corrected chi connectivity index (χ3v) is 5.75. The van der Waals surface area contributed by atoms with E-state index in [-0.39, 0.29) is 17.8 Å². The van der Waals surface area contributed by atoms with Crippen LogP contribution >= 0.6 is 11.6 Å². The molecule has 1 rings (SSSR count). The monoisotopic (exact) mass is 414 g/mol. The van der Waals surface area contributed by atoms with Gasteiger partial charge in [-0.3, -0.25) is 4.79 Å². The van der Waals surface area contributed by atoms with Crippen LogP contribution in [0.3, 0.4) is 0 Å². The summed E-state index contributed by atoms with van der Waals surface area (Å²) in [5, 5.41) is 12.3. The fourth-order valence-corrected chi connectivity index (χ4v) is 3.06. The molecule has 1 aromatic rings. The molecule has 1 heterocycles. The first-order chi connectivity index (χ1) is 12.3. The lowest BCUT2D eigenvalue weighted by molar-refractivity contribution is -0.137. The average molecular weight is 415 g/mol. The molecule has 0 saturated carbocycles. The Morgan fingerprint density at radius 3 is 2.48 bits per heavy atom. The van der Waals surface area contributed by atoms with Gasteiger partial charge in [-0.15, -0.1) is 0 Å². The molecule has 0 saturated heterocycles. The number of allylic oxidation sites excluding steroid dienone is 1. The molecule has 27 heavy (non-hydrogen) atoms. The van der Waals surface area contributed by atoms with Gasteiger partial charge >= 0.3 is 5.97 Å². The van der Waals surface area contributed by atoms with Crippen LogP contribution in [0.1, 0.15) is 31.3 Å². The quantitative estimate of drug-likeness (QED) is 0.359. The molecule has 0 aliphatic carbocycles. The van der Waals surface area contributed by atoms with Crippen LogP contribution in [0.15, 0.2) is 24.3 Å². The summed E-state index contributed by atoms with van der Waals surface area (Å²) in [6.45, 7) is 13.4.